The second kappa shape index (κ2) is 6.77. The molecule has 6 heteroatoms. The summed E-state index contributed by atoms with van der Waals surface area (Å²) in [6.45, 7) is 3.90. The summed E-state index contributed by atoms with van der Waals surface area (Å²) in [6.07, 6.45) is 6.84. The van der Waals surface area contributed by atoms with Crippen LogP contribution in [0, 0.1) is 6.92 Å². The second-order valence-electron chi connectivity index (χ2n) is 6.58. The van der Waals surface area contributed by atoms with E-state index >= 15 is 0 Å². The Morgan fingerprint density at radius 1 is 1.27 bits per heavy atom. The van der Waals surface area contributed by atoms with Gasteiger partial charge in [-0.05, 0) is 52.6 Å². The van der Waals surface area contributed by atoms with E-state index in [1.165, 1.54) is 19.4 Å². The first-order chi connectivity index (χ1) is 10.6. The Kier molecular flexibility index (Phi) is 4.76. The number of nitrogens with zero attached hydrogens (tertiary/aromatic N) is 4. The Labute approximate surface area is 131 Å². The van der Waals surface area contributed by atoms with E-state index in [1.54, 1.807) is 0 Å². The van der Waals surface area contributed by atoms with Crippen LogP contribution in [-0.4, -0.2) is 58.1 Å². The first-order valence-electron chi connectivity index (χ1n) is 8.44. The van der Waals surface area contributed by atoms with E-state index in [-0.39, 0.29) is 0 Å². The molecule has 3 heterocycles. The maximum absolute atomic E-state index is 12.6. The molecular weight excluding hydrogens is 280 g/mol. The van der Waals surface area contributed by atoms with Gasteiger partial charge in [0.25, 0.3) is 0 Å². The van der Waals surface area contributed by atoms with E-state index in [4.69, 9.17) is 4.52 Å². The summed E-state index contributed by atoms with van der Waals surface area (Å²) in [5.41, 5.74) is 0. The molecule has 22 heavy (non-hydrogen) atoms. The lowest BCUT2D eigenvalue weighted by Gasteiger charge is -2.33. The molecule has 2 aliphatic heterocycles. The molecule has 122 valence electrons. The number of rotatable bonds is 5. The number of aromatic nitrogens is 2. The zero-order chi connectivity index (χ0) is 15.5. The summed E-state index contributed by atoms with van der Waals surface area (Å²) >= 11 is 0. The molecule has 6 nitrogen and oxygen atoms in total. The summed E-state index contributed by atoms with van der Waals surface area (Å²) in [5.74, 6) is 1.59. The molecule has 3 rings (SSSR count). The Balaban J connectivity index is 1.50. The molecule has 1 aromatic heterocycles. The third-order valence-electron chi connectivity index (χ3n) is 4.99. The molecule has 0 unspecified atom stereocenters. The first kappa shape index (κ1) is 15.5. The minimum Gasteiger partial charge on any atom is -0.339 e. The number of carbonyl (C=O) groups is 1. The molecule has 0 spiro atoms. The van der Waals surface area contributed by atoms with Crippen LogP contribution in [-0.2, 0) is 11.2 Å². The summed E-state index contributed by atoms with van der Waals surface area (Å²) in [4.78, 5) is 21.3. The van der Waals surface area contributed by atoms with Gasteiger partial charge in [0.15, 0.2) is 5.82 Å². The van der Waals surface area contributed by atoms with Crippen molar-refractivity contribution in [3.63, 3.8) is 0 Å². The molecule has 0 aromatic carbocycles. The summed E-state index contributed by atoms with van der Waals surface area (Å²) in [5, 5.41) is 3.78. The van der Waals surface area contributed by atoms with E-state index in [0.717, 1.165) is 25.8 Å². The number of amides is 1. The van der Waals surface area contributed by atoms with Crippen molar-refractivity contribution in [1.82, 2.24) is 19.9 Å². The van der Waals surface area contributed by atoms with Gasteiger partial charge in [0.2, 0.25) is 11.8 Å². The molecule has 1 aromatic rings. The van der Waals surface area contributed by atoms with Gasteiger partial charge in [-0.15, -0.1) is 0 Å². The number of likely N-dealkylation sites (tertiary alicyclic amines) is 2. The van der Waals surface area contributed by atoms with Crippen molar-refractivity contribution in [3.05, 3.63) is 11.7 Å². The van der Waals surface area contributed by atoms with Gasteiger partial charge < -0.3 is 14.3 Å². The molecule has 1 amide bonds. The lowest BCUT2D eigenvalue weighted by Crippen LogP contribution is -2.47. The predicted molar refractivity (Wildman–Crippen MR) is 82.4 cm³/mol. The van der Waals surface area contributed by atoms with Crippen molar-refractivity contribution >= 4 is 5.91 Å². The van der Waals surface area contributed by atoms with Gasteiger partial charge in [-0.2, -0.15) is 4.98 Å². The minimum absolute atomic E-state index is 0.291. The van der Waals surface area contributed by atoms with Gasteiger partial charge in [-0.1, -0.05) is 5.16 Å². The number of likely N-dealkylation sites (N-methyl/N-ethyl adjacent to an activating group) is 1. The van der Waals surface area contributed by atoms with E-state index in [9.17, 15) is 4.79 Å². The molecule has 2 fully saturated rings. The van der Waals surface area contributed by atoms with E-state index in [0.29, 0.717) is 42.5 Å². The lowest BCUT2D eigenvalue weighted by molar-refractivity contribution is -0.133. The fourth-order valence-corrected chi connectivity index (χ4v) is 3.90. The van der Waals surface area contributed by atoms with Crippen molar-refractivity contribution < 1.29 is 9.32 Å². The highest BCUT2D eigenvalue weighted by atomic mass is 16.5. The summed E-state index contributed by atoms with van der Waals surface area (Å²) < 4.78 is 5.10. The van der Waals surface area contributed by atoms with Gasteiger partial charge in [0, 0.05) is 31.5 Å². The van der Waals surface area contributed by atoms with Crippen LogP contribution in [0.25, 0.3) is 0 Å². The van der Waals surface area contributed by atoms with Crippen molar-refractivity contribution in [2.24, 2.45) is 0 Å². The highest BCUT2D eigenvalue weighted by Crippen LogP contribution is 2.29. The van der Waals surface area contributed by atoms with Crippen LogP contribution in [0.2, 0.25) is 0 Å². The molecule has 0 radical (unpaired) electrons. The normalized spacial score (nSPS) is 26.0. The first-order valence-corrected chi connectivity index (χ1v) is 8.44. The van der Waals surface area contributed by atoms with E-state index in [1.807, 2.05) is 6.92 Å². The number of hydrogen-bond donors (Lipinski definition) is 0. The Morgan fingerprint density at radius 2 is 2.05 bits per heavy atom. The van der Waals surface area contributed by atoms with Crippen molar-refractivity contribution in [1.29, 1.82) is 0 Å². The predicted octanol–water partition coefficient (Wildman–Crippen LogP) is 1.79. The molecule has 2 atom stereocenters. The van der Waals surface area contributed by atoms with Crippen LogP contribution < -0.4 is 0 Å². The minimum atomic E-state index is 0.291. The lowest BCUT2D eigenvalue weighted by atomic mass is 10.0. The molecule has 0 N–H and O–H groups in total. The number of aryl methyl sites for hydroxylation is 2. The second-order valence-corrected chi connectivity index (χ2v) is 6.58. The average molecular weight is 306 g/mol. The fraction of sp³-hybridized carbons (Fsp3) is 0.812. The monoisotopic (exact) mass is 306 g/mol. The Bertz CT molecular complexity index is 516. The van der Waals surface area contributed by atoms with Crippen LogP contribution in [0.5, 0.6) is 0 Å². The molecule has 0 bridgehead atoms. The van der Waals surface area contributed by atoms with Gasteiger partial charge in [-0.25, -0.2) is 0 Å². The van der Waals surface area contributed by atoms with Gasteiger partial charge >= 0.3 is 0 Å². The van der Waals surface area contributed by atoms with E-state index in [2.05, 4.69) is 27.0 Å². The zero-order valence-electron chi connectivity index (χ0n) is 13.6. The maximum atomic E-state index is 12.6. The van der Waals surface area contributed by atoms with Crippen LogP contribution in [0.15, 0.2) is 4.52 Å². The SMILES string of the molecule is Cc1noc(CCCC(=O)N2CCC[C@@H]2[C@H]2CCCN2C)n1. The molecule has 2 saturated heterocycles. The summed E-state index contributed by atoms with van der Waals surface area (Å²) in [6, 6.07) is 0.982. The molecule has 0 aliphatic carbocycles. The van der Waals surface area contributed by atoms with E-state index < -0.39 is 0 Å². The van der Waals surface area contributed by atoms with Gasteiger partial charge in [0.1, 0.15) is 0 Å². The highest BCUT2D eigenvalue weighted by molar-refractivity contribution is 5.76. The van der Waals surface area contributed by atoms with Gasteiger partial charge in [-0.3, -0.25) is 4.79 Å². The van der Waals surface area contributed by atoms with Crippen LogP contribution in [0.1, 0.15) is 50.2 Å². The van der Waals surface area contributed by atoms with Crippen molar-refractivity contribution in [2.75, 3.05) is 20.1 Å². The largest absolute Gasteiger partial charge is 0.339 e. The fourth-order valence-electron chi connectivity index (χ4n) is 3.90. The zero-order valence-corrected chi connectivity index (χ0v) is 13.6. The quantitative estimate of drug-likeness (QED) is 0.830. The highest BCUT2D eigenvalue weighted by Gasteiger charge is 2.37. The maximum Gasteiger partial charge on any atom is 0.226 e. The van der Waals surface area contributed by atoms with Crippen LogP contribution in [0.4, 0.5) is 0 Å². The number of carbonyl (C=O) groups excluding carboxylic acids is 1. The average Bonchev–Trinajstić information content (AvgIpc) is 3.19. The number of hydrogen-bond acceptors (Lipinski definition) is 5. The van der Waals surface area contributed by atoms with Crippen molar-refractivity contribution in [2.45, 2.75) is 64.0 Å². The Hall–Kier alpha value is -1.43. The summed E-state index contributed by atoms with van der Waals surface area (Å²) in [7, 11) is 2.19. The molecule has 0 saturated carbocycles. The van der Waals surface area contributed by atoms with Crippen LogP contribution >= 0.6 is 0 Å². The van der Waals surface area contributed by atoms with Crippen LogP contribution in [0.3, 0.4) is 0 Å². The van der Waals surface area contributed by atoms with Crippen molar-refractivity contribution in [3.8, 4) is 0 Å². The smallest absolute Gasteiger partial charge is 0.226 e. The topological polar surface area (TPSA) is 62.5 Å². The molecule has 2 aliphatic rings. The molecular formula is C16H26N4O2. The standard InChI is InChI=1S/C16H26N4O2/c1-12-17-15(22-18-12)8-3-9-16(21)20-11-5-7-14(20)13-6-4-10-19(13)2/h13-14H,3-11H2,1-2H3/t13-,14-/m1/s1. The third-order valence-corrected chi connectivity index (χ3v) is 4.99. The van der Waals surface area contributed by atoms with Gasteiger partial charge in [0.05, 0.1) is 0 Å². The Morgan fingerprint density at radius 3 is 2.73 bits per heavy atom. The third kappa shape index (κ3) is 3.32.